The summed E-state index contributed by atoms with van der Waals surface area (Å²) < 4.78 is 5.95. The first-order chi connectivity index (χ1) is 13.6. The Kier molecular flexibility index (Phi) is 6.85. The molecule has 28 heavy (non-hydrogen) atoms. The number of carboxylic acid groups (broad SMARTS) is 1. The van der Waals surface area contributed by atoms with Crippen molar-refractivity contribution >= 4 is 5.97 Å². The monoisotopic (exact) mass is 374 g/mol. The molecule has 3 rings (SSSR count). The first kappa shape index (κ1) is 19.7. The van der Waals surface area contributed by atoms with E-state index in [1.54, 1.807) is 0 Å². The maximum Gasteiger partial charge on any atom is 0.303 e. The van der Waals surface area contributed by atoms with Crippen LogP contribution in [-0.4, -0.2) is 11.1 Å². The molecular formula is C25H26O3. The van der Waals surface area contributed by atoms with E-state index in [1.807, 2.05) is 54.6 Å². The van der Waals surface area contributed by atoms with Gasteiger partial charge < -0.3 is 9.84 Å². The molecule has 0 bridgehead atoms. The van der Waals surface area contributed by atoms with Crippen LogP contribution in [0, 0.1) is 6.92 Å². The average molecular weight is 374 g/mol. The SMILES string of the molecule is Cc1ccccc1C(CCC(=O)O)Cc1cccc(OCc2ccccc2)c1. The van der Waals surface area contributed by atoms with Gasteiger partial charge in [-0.3, -0.25) is 4.79 Å². The molecule has 0 aliphatic heterocycles. The minimum absolute atomic E-state index is 0.168. The van der Waals surface area contributed by atoms with E-state index in [1.165, 1.54) is 11.1 Å². The molecule has 0 aliphatic carbocycles. The highest BCUT2D eigenvalue weighted by Gasteiger charge is 2.16. The first-order valence-corrected chi connectivity index (χ1v) is 9.65. The zero-order chi connectivity index (χ0) is 19.8. The number of hydrogen-bond acceptors (Lipinski definition) is 2. The summed E-state index contributed by atoms with van der Waals surface area (Å²) in [6.07, 6.45) is 1.58. The van der Waals surface area contributed by atoms with Crippen molar-refractivity contribution in [2.24, 2.45) is 0 Å². The van der Waals surface area contributed by atoms with Crippen molar-refractivity contribution in [1.82, 2.24) is 0 Å². The Balaban J connectivity index is 1.73. The molecule has 0 spiro atoms. The molecule has 0 saturated heterocycles. The van der Waals surface area contributed by atoms with Crippen LogP contribution in [0.25, 0.3) is 0 Å². The van der Waals surface area contributed by atoms with Crippen LogP contribution in [0.4, 0.5) is 0 Å². The van der Waals surface area contributed by atoms with Crippen molar-refractivity contribution in [3.8, 4) is 5.75 Å². The highest BCUT2D eigenvalue weighted by molar-refractivity contribution is 5.66. The summed E-state index contributed by atoms with van der Waals surface area (Å²) in [4.78, 5) is 11.1. The van der Waals surface area contributed by atoms with Crippen LogP contribution in [-0.2, 0) is 17.8 Å². The minimum Gasteiger partial charge on any atom is -0.489 e. The molecule has 1 N–H and O–H groups in total. The van der Waals surface area contributed by atoms with Gasteiger partial charge >= 0.3 is 5.97 Å². The van der Waals surface area contributed by atoms with Gasteiger partial charge in [0, 0.05) is 6.42 Å². The van der Waals surface area contributed by atoms with Gasteiger partial charge in [-0.05, 0) is 60.1 Å². The summed E-state index contributed by atoms with van der Waals surface area (Å²) in [7, 11) is 0. The van der Waals surface area contributed by atoms with Gasteiger partial charge in [-0.2, -0.15) is 0 Å². The molecule has 3 aromatic carbocycles. The first-order valence-electron chi connectivity index (χ1n) is 9.65. The molecule has 144 valence electrons. The number of hydrogen-bond donors (Lipinski definition) is 1. The molecule has 3 aromatic rings. The summed E-state index contributed by atoms with van der Waals surface area (Å²) >= 11 is 0. The van der Waals surface area contributed by atoms with E-state index in [4.69, 9.17) is 9.84 Å². The quantitative estimate of drug-likeness (QED) is 0.517. The van der Waals surface area contributed by atoms with E-state index in [0.717, 1.165) is 23.3 Å². The van der Waals surface area contributed by atoms with Crippen LogP contribution in [0.3, 0.4) is 0 Å². The predicted molar refractivity (Wildman–Crippen MR) is 112 cm³/mol. The van der Waals surface area contributed by atoms with Crippen molar-refractivity contribution in [1.29, 1.82) is 0 Å². The summed E-state index contributed by atoms with van der Waals surface area (Å²) in [6, 6.07) is 26.4. The second kappa shape index (κ2) is 9.75. The number of aryl methyl sites for hydroxylation is 1. The van der Waals surface area contributed by atoms with E-state index >= 15 is 0 Å². The summed E-state index contributed by atoms with van der Waals surface area (Å²) in [5, 5.41) is 9.15. The lowest BCUT2D eigenvalue weighted by Gasteiger charge is -2.19. The van der Waals surface area contributed by atoms with Gasteiger partial charge in [-0.15, -0.1) is 0 Å². The van der Waals surface area contributed by atoms with Crippen molar-refractivity contribution in [3.05, 3.63) is 101 Å². The number of aliphatic carboxylic acids is 1. The summed E-state index contributed by atoms with van der Waals surface area (Å²) in [6.45, 7) is 2.62. The second-order valence-electron chi connectivity index (χ2n) is 7.11. The lowest BCUT2D eigenvalue weighted by atomic mass is 9.86. The Bertz CT molecular complexity index is 902. The highest BCUT2D eigenvalue weighted by atomic mass is 16.5. The van der Waals surface area contributed by atoms with Crippen molar-refractivity contribution in [2.45, 2.75) is 38.7 Å². The lowest BCUT2D eigenvalue weighted by Crippen LogP contribution is -2.08. The number of benzene rings is 3. The van der Waals surface area contributed by atoms with Crippen LogP contribution < -0.4 is 4.74 Å². The fraction of sp³-hybridized carbons (Fsp3) is 0.240. The van der Waals surface area contributed by atoms with E-state index < -0.39 is 5.97 Å². The van der Waals surface area contributed by atoms with Gasteiger partial charge in [-0.25, -0.2) is 0 Å². The van der Waals surface area contributed by atoms with Crippen molar-refractivity contribution < 1.29 is 14.6 Å². The van der Waals surface area contributed by atoms with Crippen LogP contribution in [0.5, 0.6) is 5.75 Å². The molecule has 3 heteroatoms. The maximum absolute atomic E-state index is 11.1. The molecular weight excluding hydrogens is 348 g/mol. The maximum atomic E-state index is 11.1. The van der Waals surface area contributed by atoms with Crippen LogP contribution >= 0.6 is 0 Å². The van der Waals surface area contributed by atoms with E-state index in [-0.39, 0.29) is 12.3 Å². The summed E-state index contributed by atoms with van der Waals surface area (Å²) in [5.74, 6) is 0.253. The standard InChI is InChI=1S/C25H26O3/c1-19-8-5-6-13-24(19)22(14-15-25(26)27)16-21-11-7-12-23(17-21)28-18-20-9-3-2-4-10-20/h2-13,17,22H,14-16,18H2,1H3,(H,26,27). The van der Waals surface area contributed by atoms with Gasteiger partial charge in [0.15, 0.2) is 0 Å². The van der Waals surface area contributed by atoms with Crippen LogP contribution in [0.2, 0.25) is 0 Å². The molecule has 0 heterocycles. The highest BCUT2D eigenvalue weighted by Crippen LogP contribution is 2.29. The number of carbonyl (C=O) groups is 1. The Morgan fingerprint density at radius 2 is 1.64 bits per heavy atom. The third-order valence-corrected chi connectivity index (χ3v) is 4.96. The molecule has 0 aromatic heterocycles. The van der Waals surface area contributed by atoms with E-state index in [0.29, 0.717) is 13.0 Å². The average Bonchev–Trinajstić information content (AvgIpc) is 2.71. The second-order valence-corrected chi connectivity index (χ2v) is 7.11. The fourth-order valence-electron chi connectivity index (χ4n) is 3.50. The molecule has 0 radical (unpaired) electrons. The topological polar surface area (TPSA) is 46.5 Å². The predicted octanol–water partition coefficient (Wildman–Crippen LogP) is 5.77. The molecule has 0 aliphatic rings. The Morgan fingerprint density at radius 3 is 2.39 bits per heavy atom. The molecule has 0 saturated carbocycles. The van der Waals surface area contributed by atoms with E-state index in [9.17, 15) is 4.79 Å². The molecule has 3 nitrogen and oxygen atoms in total. The Morgan fingerprint density at radius 1 is 0.929 bits per heavy atom. The van der Waals surface area contributed by atoms with Gasteiger partial charge in [-0.1, -0.05) is 66.7 Å². The summed E-state index contributed by atoms with van der Waals surface area (Å²) in [5.41, 5.74) is 4.71. The molecule has 0 fully saturated rings. The van der Waals surface area contributed by atoms with Gasteiger partial charge in [0.2, 0.25) is 0 Å². The zero-order valence-electron chi connectivity index (χ0n) is 16.2. The van der Waals surface area contributed by atoms with E-state index in [2.05, 4.69) is 31.2 Å². The third-order valence-electron chi connectivity index (χ3n) is 4.96. The van der Waals surface area contributed by atoms with Gasteiger partial charge in [0.05, 0.1) is 0 Å². The Hall–Kier alpha value is -3.07. The van der Waals surface area contributed by atoms with Crippen LogP contribution in [0.1, 0.15) is 41.0 Å². The molecule has 1 atom stereocenters. The zero-order valence-corrected chi connectivity index (χ0v) is 16.2. The third kappa shape index (κ3) is 5.71. The van der Waals surface area contributed by atoms with Crippen LogP contribution in [0.15, 0.2) is 78.9 Å². The number of ether oxygens (including phenoxy) is 1. The smallest absolute Gasteiger partial charge is 0.303 e. The Labute approximate surface area is 166 Å². The largest absolute Gasteiger partial charge is 0.489 e. The fourth-order valence-corrected chi connectivity index (χ4v) is 3.50. The minimum atomic E-state index is -0.751. The molecule has 0 amide bonds. The number of rotatable bonds is 9. The number of carboxylic acids is 1. The van der Waals surface area contributed by atoms with Crippen molar-refractivity contribution in [2.75, 3.05) is 0 Å². The van der Waals surface area contributed by atoms with Gasteiger partial charge in [0.1, 0.15) is 12.4 Å². The van der Waals surface area contributed by atoms with Crippen molar-refractivity contribution in [3.63, 3.8) is 0 Å². The van der Waals surface area contributed by atoms with Gasteiger partial charge in [0.25, 0.3) is 0 Å². The normalized spacial score (nSPS) is 11.8. The lowest BCUT2D eigenvalue weighted by molar-refractivity contribution is -0.137. The molecule has 1 unspecified atom stereocenters.